The maximum atomic E-state index is 14.3. The zero-order valence-electron chi connectivity index (χ0n) is 51.5. The van der Waals surface area contributed by atoms with E-state index in [0.717, 1.165) is 6.92 Å². The highest BCUT2D eigenvalue weighted by atomic mass is 16.4. The molecule has 2 rings (SSSR count). The van der Waals surface area contributed by atoms with Gasteiger partial charge in [-0.25, -0.2) is 4.79 Å². The Bertz CT molecular complexity index is 2720. The number of aliphatic hydroxyl groups is 2. The van der Waals surface area contributed by atoms with Gasteiger partial charge in [0.1, 0.15) is 60.4 Å². The Morgan fingerprint density at radius 3 is 1.60 bits per heavy atom. The molecule has 21 N–H and O–H groups in total. The Morgan fingerprint density at radius 2 is 1.08 bits per heavy atom. The quantitative estimate of drug-likeness (QED) is 0.0272. The van der Waals surface area contributed by atoms with Crippen molar-refractivity contribution in [1.29, 1.82) is 0 Å². The van der Waals surface area contributed by atoms with Gasteiger partial charge in [-0.1, -0.05) is 64.4 Å². The third-order valence-electron chi connectivity index (χ3n) is 14.6. The third kappa shape index (κ3) is 27.4. The zero-order valence-corrected chi connectivity index (χ0v) is 51.5. The first-order valence-electron chi connectivity index (χ1n) is 29.7. The summed E-state index contributed by atoms with van der Waals surface area (Å²) >= 11 is 0. The number of likely N-dealkylation sites (tertiary alicyclic amines) is 1. The fraction of sp³-hybridized carbons (Fsp3) is 0.632. The number of hydrogen-bond acceptors (Lipinski definition) is 19. The van der Waals surface area contributed by atoms with Gasteiger partial charge in [-0.05, 0) is 82.2 Å². The Hall–Kier alpha value is -8.89. The van der Waals surface area contributed by atoms with Crippen LogP contribution in [0.4, 0.5) is 0 Å². The molecule has 1 aromatic rings. The average Bonchev–Trinajstić information content (AvgIpc) is 1.99. The number of nitrogens with one attached hydrogen (secondary N) is 9. The Kier molecular flexibility index (Phi) is 33.8. The smallest absolute Gasteiger partial charge is 0.326 e. The van der Waals surface area contributed by atoms with Gasteiger partial charge in [0, 0.05) is 25.8 Å². The van der Waals surface area contributed by atoms with Crippen molar-refractivity contribution in [1.82, 2.24) is 52.8 Å². The van der Waals surface area contributed by atoms with E-state index in [2.05, 4.69) is 42.5 Å². The minimum absolute atomic E-state index is 0.0866. The minimum atomic E-state index is -2.19. The van der Waals surface area contributed by atoms with Crippen molar-refractivity contribution in [3.63, 3.8) is 0 Å². The number of carbonyl (C=O) groups is 15. The molecule has 0 aliphatic carbocycles. The van der Waals surface area contributed by atoms with Crippen molar-refractivity contribution in [3.05, 3.63) is 35.9 Å². The molecule has 1 aliphatic rings. The molecule has 0 aromatic heterocycles. The van der Waals surface area contributed by atoms with Crippen LogP contribution in [0.15, 0.2) is 30.3 Å². The van der Waals surface area contributed by atoms with Crippen LogP contribution < -0.4 is 65.1 Å². The normalized spacial score (nSPS) is 16.8. The molecule has 508 valence electrons. The SMILES string of the molecule is CC[C@H](C)[C@H](NC(=O)[C@H](CC(C)C)NC(=O)[C@H](CC(N)=O)NC(=O)[C@H](CO)NC(=O)[C@H](CC(=O)O)NC(=O)[C@H](CCC(=O)O)NC(=O)[C@H](Cc1ccccc1)NC(=O)[C@@H](NC(=O)[C@@H](N)CCC(=O)O)[C@@H](C)O)C(=O)N1CCC[C@H]1C(=O)N[C@@H](CCCCN)C(=O)O. The monoisotopic (exact) mass is 1290 g/mol. The van der Waals surface area contributed by atoms with Crippen molar-refractivity contribution >= 4 is 88.9 Å². The van der Waals surface area contributed by atoms with Crippen LogP contribution in [-0.4, -0.2) is 217 Å². The summed E-state index contributed by atoms with van der Waals surface area (Å²) in [4.78, 5) is 199. The molecule has 13 atom stereocenters. The lowest BCUT2D eigenvalue weighted by Crippen LogP contribution is -2.62. The number of nitrogens with two attached hydrogens (primary N) is 3. The molecule has 11 amide bonds. The number of hydrogen-bond donors (Lipinski definition) is 18. The molecule has 1 fully saturated rings. The predicted octanol–water partition coefficient (Wildman–Crippen LogP) is -5.33. The van der Waals surface area contributed by atoms with Gasteiger partial charge in [-0.15, -0.1) is 0 Å². The van der Waals surface area contributed by atoms with Gasteiger partial charge in [0.2, 0.25) is 65.0 Å². The predicted molar refractivity (Wildman–Crippen MR) is 318 cm³/mol. The van der Waals surface area contributed by atoms with E-state index in [1.807, 2.05) is 5.32 Å². The number of aliphatic carboxylic acids is 4. The molecule has 34 heteroatoms. The van der Waals surface area contributed by atoms with Crippen LogP contribution in [0.25, 0.3) is 0 Å². The standard InChI is InChI=1S/C57H89N13O21/c1-6-29(4)45(56(89)70-22-12-16-40(70)54(87)62-34(57(90)91)15-10-11-21-58)68-52(85)35(23-28(2)3)63-50(83)37(25-41(60)73)64-53(86)39(27-71)67-51(84)38(26-44(78)79)65-48(81)33(18-20-43(76)77)61-49(82)36(24-31-13-8-7-9-14-31)66-55(88)46(30(5)72)69-47(80)32(59)17-19-42(74)75/h7-9,13-14,28-30,32-40,45-46,71-72H,6,10-12,15-27,58-59H2,1-5H3,(H2,60,73)(H,61,82)(H,62,87)(H,63,83)(H,64,86)(H,65,81)(H,66,88)(H,67,84)(H,68,85)(H,69,80)(H,74,75)(H,76,77)(H,78,79)(H,90,91)/t29-,30+,32-,33-,34-,35-,36-,37-,38-,39-,40-,45-,46-/m0/s1. The third-order valence-corrected chi connectivity index (χ3v) is 14.6. The van der Waals surface area contributed by atoms with E-state index < -0.39 is 206 Å². The van der Waals surface area contributed by atoms with Crippen LogP contribution in [0.5, 0.6) is 0 Å². The van der Waals surface area contributed by atoms with Crippen LogP contribution in [0.1, 0.15) is 124 Å². The van der Waals surface area contributed by atoms with E-state index in [4.69, 9.17) is 22.3 Å². The van der Waals surface area contributed by atoms with Crippen LogP contribution in [0, 0.1) is 11.8 Å². The molecule has 1 saturated heterocycles. The van der Waals surface area contributed by atoms with E-state index >= 15 is 0 Å². The number of benzene rings is 1. The fourth-order valence-corrected chi connectivity index (χ4v) is 9.42. The molecule has 0 unspecified atom stereocenters. The van der Waals surface area contributed by atoms with Crippen molar-refractivity contribution in [2.45, 2.75) is 197 Å². The highest BCUT2D eigenvalue weighted by Gasteiger charge is 2.42. The van der Waals surface area contributed by atoms with Crippen molar-refractivity contribution < 1.29 is 103 Å². The maximum Gasteiger partial charge on any atom is 0.326 e. The number of amides is 11. The number of carbonyl (C=O) groups excluding carboxylic acids is 11. The summed E-state index contributed by atoms with van der Waals surface area (Å²) in [6.45, 7) is 6.96. The molecule has 91 heavy (non-hydrogen) atoms. The topological polar surface area (TPSA) is 567 Å². The second-order valence-electron chi connectivity index (χ2n) is 22.6. The van der Waals surface area contributed by atoms with Gasteiger partial charge in [-0.3, -0.25) is 67.1 Å². The molecule has 0 saturated carbocycles. The molecule has 0 spiro atoms. The van der Waals surface area contributed by atoms with E-state index in [0.29, 0.717) is 37.8 Å². The van der Waals surface area contributed by atoms with Gasteiger partial charge in [0.25, 0.3) is 0 Å². The molecule has 0 radical (unpaired) electrons. The number of carboxylic acids is 4. The Labute approximate surface area is 524 Å². The molecule has 1 aliphatic heterocycles. The zero-order chi connectivity index (χ0) is 68.8. The lowest BCUT2D eigenvalue weighted by molar-refractivity contribution is -0.145. The van der Waals surface area contributed by atoms with Gasteiger partial charge >= 0.3 is 23.9 Å². The number of unbranched alkanes of at least 4 members (excludes halogenated alkanes) is 1. The fourth-order valence-electron chi connectivity index (χ4n) is 9.42. The van der Waals surface area contributed by atoms with Crippen molar-refractivity contribution in [3.8, 4) is 0 Å². The van der Waals surface area contributed by atoms with Gasteiger partial charge in [0.15, 0.2) is 0 Å². The van der Waals surface area contributed by atoms with E-state index in [1.54, 1.807) is 45.9 Å². The Balaban J connectivity index is 2.41. The van der Waals surface area contributed by atoms with Crippen LogP contribution in [0.3, 0.4) is 0 Å². The summed E-state index contributed by atoms with van der Waals surface area (Å²) in [5, 5.41) is 79.7. The first kappa shape index (κ1) is 78.2. The minimum Gasteiger partial charge on any atom is -0.481 e. The van der Waals surface area contributed by atoms with Crippen LogP contribution >= 0.6 is 0 Å². The average molecular weight is 1290 g/mol. The second-order valence-corrected chi connectivity index (χ2v) is 22.6. The van der Waals surface area contributed by atoms with E-state index in [1.165, 1.54) is 17.0 Å². The maximum absolute atomic E-state index is 14.3. The highest BCUT2D eigenvalue weighted by Crippen LogP contribution is 2.23. The number of rotatable bonds is 42. The molecular formula is C57H89N13O21. The number of nitrogens with zero attached hydrogens (tertiary/aromatic N) is 1. The molecule has 0 bridgehead atoms. The van der Waals surface area contributed by atoms with Gasteiger partial charge < -0.3 is 101 Å². The summed E-state index contributed by atoms with van der Waals surface area (Å²) in [6.07, 6.45) is -4.89. The van der Waals surface area contributed by atoms with Crippen LogP contribution in [-0.2, 0) is 78.3 Å². The van der Waals surface area contributed by atoms with E-state index in [-0.39, 0.29) is 44.6 Å². The van der Waals surface area contributed by atoms with Gasteiger partial charge in [-0.2, -0.15) is 0 Å². The van der Waals surface area contributed by atoms with Gasteiger partial charge in [0.05, 0.1) is 31.6 Å². The molecule has 1 aromatic carbocycles. The summed E-state index contributed by atoms with van der Waals surface area (Å²) in [5.74, 6) is -19.1. The Morgan fingerprint density at radius 1 is 0.571 bits per heavy atom. The largest absolute Gasteiger partial charge is 0.481 e. The van der Waals surface area contributed by atoms with Crippen LogP contribution in [0.2, 0.25) is 0 Å². The van der Waals surface area contributed by atoms with E-state index in [9.17, 15) is 97.5 Å². The second kappa shape index (κ2) is 39.3. The lowest BCUT2D eigenvalue weighted by Gasteiger charge is -2.33. The lowest BCUT2D eigenvalue weighted by atomic mass is 9.95. The summed E-state index contributed by atoms with van der Waals surface area (Å²) in [5.41, 5.74) is 17.2. The number of aliphatic hydroxyl groups excluding tert-OH is 2. The molecule has 1 heterocycles. The summed E-state index contributed by atoms with van der Waals surface area (Å²) in [6, 6.07) is -10.4. The highest BCUT2D eigenvalue weighted by molar-refractivity contribution is 6.00. The van der Waals surface area contributed by atoms with Crippen molar-refractivity contribution in [2.24, 2.45) is 29.0 Å². The molecular weight excluding hydrogens is 1200 g/mol. The number of carboxylic acid groups (broad SMARTS) is 4. The van der Waals surface area contributed by atoms with Crippen molar-refractivity contribution in [2.75, 3.05) is 19.7 Å². The summed E-state index contributed by atoms with van der Waals surface area (Å²) in [7, 11) is 0. The first-order chi connectivity index (χ1) is 42.7. The first-order valence-corrected chi connectivity index (χ1v) is 29.7. The number of primary amides is 1. The molecule has 34 nitrogen and oxygen atoms in total. The summed E-state index contributed by atoms with van der Waals surface area (Å²) < 4.78 is 0.